The molecule has 2 aromatic rings. The van der Waals surface area contributed by atoms with Crippen LogP contribution in [0.2, 0.25) is 0 Å². The molecule has 0 bridgehead atoms. The van der Waals surface area contributed by atoms with Crippen LogP contribution in [0.15, 0.2) is 29.9 Å². The molecule has 0 aliphatic heterocycles. The molecule has 1 N–H and O–H groups in total. The number of hydrogen-bond acceptors (Lipinski definition) is 6. The number of methoxy groups -OCH3 is 1. The van der Waals surface area contributed by atoms with Gasteiger partial charge in [0.15, 0.2) is 5.13 Å². The van der Waals surface area contributed by atoms with Crippen LogP contribution in [0, 0.1) is 0 Å². The molecule has 0 fully saturated rings. The predicted molar refractivity (Wildman–Crippen MR) is 71.7 cm³/mol. The van der Waals surface area contributed by atoms with Gasteiger partial charge in [-0.05, 0) is 12.1 Å². The molecule has 2 heterocycles. The van der Waals surface area contributed by atoms with E-state index >= 15 is 0 Å². The third-order valence-corrected chi connectivity index (χ3v) is 2.88. The smallest absolute Gasteiger partial charge is 0.262 e. The summed E-state index contributed by atoms with van der Waals surface area (Å²) < 4.78 is 10.3. The first kappa shape index (κ1) is 13.4. The van der Waals surface area contributed by atoms with E-state index in [1.165, 1.54) is 11.3 Å². The van der Waals surface area contributed by atoms with Gasteiger partial charge in [0, 0.05) is 24.9 Å². The lowest BCUT2D eigenvalue weighted by Gasteiger charge is -2.09. The maximum atomic E-state index is 12.1. The average Bonchev–Trinajstić information content (AvgIpc) is 2.92. The van der Waals surface area contributed by atoms with Gasteiger partial charge in [0.05, 0.1) is 6.61 Å². The lowest BCUT2D eigenvalue weighted by molar-refractivity contribution is 0.101. The van der Waals surface area contributed by atoms with Crippen LogP contribution in [0.3, 0.4) is 0 Å². The van der Waals surface area contributed by atoms with E-state index in [2.05, 4.69) is 15.3 Å². The molecule has 7 heteroatoms. The Bertz CT molecular complexity index is 531. The molecular weight excluding hydrogens is 266 g/mol. The number of hydrogen-bond donors (Lipinski definition) is 1. The Kier molecular flexibility index (Phi) is 4.82. The van der Waals surface area contributed by atoms with Gasteiger partial charge in [0.1, 0.15) is 12.2 Å². The highest BCUT2D eigenvalue weighted by atomic mass is 32.1. The van der Waals surface area contributed by atoms with Crippen LogP contribution in [0.4, 0.5) is 5.13 Å². The molecule has 6 nitrogen and oxygen atoms in total. The normalized spacial score (nSPS) is 10.2. The summed E-state index contributed by atoms with van der Waals surface area (Å²) in [6, 6.07) is 3.33. The summed E-state index contributed by atoms with van der Waals surface area (Å²) in [5.74, 6) is -0.0101. The Labute approximate surface area is 114 Å². The molecule has 0 aromatic carbocycles. The molecule has 0 atom stereocenters. The summed E-state index contributed by atoms with van der Waals surface area (Å²) in [7, 11) is 1.58. The van der Waals surface area contributed by atoms with Crippen LogP contribution < -0.4 is 10.1 Å². The van der Waals surface area contributed by atoms with Crippen molar-refractivity contribution in [3.8, 4) is 5.88 Å². The topological polar surface area (TPSA) is 73.3 Å². The van der Waals surface area contributed by atoms with E-state index < -0.39 is 0 Å². The number of nitrogens with one attached hydrogen (secondary N) is 1. The predicted octanol–water partition coefficient (Wildman–Crippen LogP) is 1.82. The highest BCUT2D eigenvalue weighted by molar-refractivity contribution is 7.13. The third-order valence-electron chi connectivity index (χ3n) is 2.19. The van der Waals surface area contributed by atoms with Crippen molar-refractivity contribution in [2.75, 3.05) is 25.6 Å². The van der Waals surface area contributed by atoms with Crippen LogP contribution in [0.25, 0.3) is 0 Å². The van der Waals surface area contributed by atoms with Gasteiger partial charge < -0.3 is 9.47 Å². The monoisotopic (exact) mass is 279 g/mol. The van der Waals surface area contributed by atoms with Crippen molar-refractivity contribution in [2.24, 2.45) is 0 Å². The molecular formula is C12H13N3O3S. The second-order valence-corrected chi connectivity index (χ2v) is 4.38. The van der Waals surface area contributed by atoms with Gasteiger partial charge in [-0.25, -0.2) is 9.97 Å². The third kappa shape index (κ3) is 3.73. The molecule has 1 amide bonds. The molecule has 0 saturated heterocycles. The van der Waals surface area contributed by atoms with Gasteiger partial charge >= 0.3 is 0 Å². The molecule has 2 aromatic heterocycles. The van der Waals surface area contributed by atoms with E-state index in [-0.39, 0.29) is 11.8 Å². The van der Waals surface area contributed by atoms with Crippen LogP contribution in [0.5, 0.6) is 5.88 Å². The van der Waals surface area contributed by atoms with Crippen LogP contribution in [-0.2, 0) is 4.74 Å². The molecule has 0 radical (unpaired) electrons. The van der Waals surface area contributed by atoms with E-state index in [1.54, 1.807) is 37.0 Å². The zero-order chi connectivity index (χ0) is 13.5. The summed E-state index contributed by atoms with van der Waals surface area (Å²) in [4.78, 5) is 20.1. The first-order chi connectivity index (χ1) is 9.31. The fraction of sp³-hybridized carbons (Fsp3) is 0.250. The first-order valence-corrected chi connectivity index (χ1v) is 6.47. The van der Waals surface area contributed by atoms with E-state index in [9.17, 15) is 4.79 Å². The molecule has 0 aliphatic rings. The maximum Gasteiger partial charge on any atom is 0.262 e. The highest BCUT2D eigenvalue weighted by Gasteiger charge is 2.14. The number of rotatable bonds is 6. The molecule has 0 spiro atoms. The van der Waals surface area contributed by atoms with Crippen molar-refractivity contribution >= 4 is 22.4 Å². The Morgan fingerprint density at radius 3 is 3.00 bits per heavy atom. The maximum absolute atomic E-state index is 12.1. The van der Waals surface area contributed by atoms with Gasteiger partial charge in [-0.1, -0.05) is 0 Å². The number of nitrogens with zero attached hydrogens (tertiary/aromatic N) is 2. The summed E-state index contributed by atoms with van der Waals surface area (Å²) in [6.45, 7) is 0.773. The van der Waals surface area contributed by atoms with Crippen molar-refractivity contribution in [3.63, 3.8) is 0 Å². The molecule has 100 valence electrons. The Morgan fingerprint density at radius 1 is 1.37 bits per heavy atom. The summed E-state index contributed by atoms with van der Waals surface area (Å²) in [5.41, 5.74) is 0.369. The number of thiazole rings is 1. The summed E-state index contributed by atoms with van der Waals surface area (Å²) >= 11 is 1.35. The summed E-state index contributed by atoms with van der Waals surface area (Å²) in [6.07, 6.45) is 3.20. The Balaban J connectivity index is 2.07. The van der Waals surface area contributed by atoms with E-state index in [0.717, 1.165) is 0 Å². The number of aromatic nitrogens is 2. The number of anilines is 1. The Hall–Kier alpha value is -1.99. The van der Waals surface area contributed by atoms with Crippen molar-refractivity contribution in [2.45, 2.75) is 0 Å². The van der Waals surface area contributed by atoms with Crippen LogP contribution in [-0.4, -0.2) is 36.2 Å². The lowest BCUT2D eigenvalue weighted by atomic mass is 10.2. The average molecular weight is 279 g/mol. The minimum absolute atomic E-state index is 0.286. The van der Waals surface area contributed by atoms with Crippen molar-refractivity contribution in [1.82, 2.24) is 9.97 Å². The van der Waals surface area contributed by atoms with Crippen LogP contribution >= 0.6 is 11.3 Å². The highest BCUT2D eigenvalue weighted by Crippen LogP contribution is 2.17. The zero-order valence-electron chi connectivity index (χ0n) is 10.3. The second kappa shape index (κ2) is 6.81. The van der Waals surface area contributed by atoms with Crippen molar-refractivity contribution in [3.05, 3.63) is 35.5 Å². The molecule has 0 aliphatic carbocycles. The molecule has 2 rings (SSSR count). The number of carbonyl (C=O) groups excluding carboxylic acids is 1. The number of pyridine rings is 1. The van der Waals surface area contributed by atoms with Gasteiger partial charge in [-0.3, -0.25) is 10.1 Å². The fourth-order valence-corrected chi connectivity index (χ4v) is 1.87. The van der Waals surface area contributed by atoms with E-state index in [0.29, 0.717) is 23.9 Å². The number of amides is 1. The SMILES string of the molecule is COCCOc1ncccc1C(=O)Nc1nccs1. The molecule has 0 unspecified atom stereocenters. The van der Waals surface area contributed by atoms with Gasteiger partial charge in [-0.2, -0.15) is 0 Å². The van der Waals surface area contributed by atoms with E-state index in [1.807, 2.05) is 0 Å². The second-order valence-electron chi connectivity index (χ2n) is 3.49. The zero-order valence-corrected chi connectivity index (χ0v) is 11.1. The standard InChI is InChI=1S/C12H13N3O3S/c1-17-6-7-18-11-9(3-2-4-13-11)10(16)15-12-14-5-8-19-12/h2-5,8H,6-7H2,1H3,(H,14,15,16). The van der Waals surface area contributed by atoms with Crippen molar-refractivity contribution in [1.29, 1.82) is 0 Å². The van der Waals surface area contributed by atoms with Gasteiger partial charge in [0.2, 0.25) is 5.88 Å². The first-order valence-electron chi connectivity index (χ1n) is 5.59. The van der Waals surface area contributed by atoms with Gasteiger partial charge in [0.25, 0.3) is 5.91 Å². The van der Waals surface area contributed by atoms with Crippen molar-refractivity contribution < 1.29 is 14.3 Å². The van der Waals surface area contributed by atoms with E-state index in [4.69, 9.17) is 9.47 Å². The quantitative estimate of drug-likeness (QED) is 0.816. The molecule has 0 saturated carbocycles. The lowest BCUT2D eigenvalue weighted by Crippen LogP contribution is -2.15. The van der Waals surface area contributed by atoms with Crippen LogP contribution in [0.1, 0.15) is 10.4 Å². The number of ether oxygens (including phenoxy) is 2. The fourth-order valence-electron chi connectivity index (χ4n) is 1.35. The van der Waals surface area contributed by atoms with Gasteiger partial charge in [-0.15, -0.1) is 11.3 Å². The minimum atomic E-state index is -0.296. The minimum Gasteiger partial charge on any atom is -0.475 e. The molecule has 19 heavy (non-hydrogen) atoms. The largest absolute Gasteiger partial charge is 0.475 e. The summed E-state index contributed by atoms with van der Waals surface area (Å²) in [5, 5.41) is 5.01. The Morgan fingerprint density at radius 2 is 2.26 bits per heavy atom. The number of carbonyl (C=O) groups is 1.